The van der Waals surface area contributed by atoms with E-state index in [1.807, 2.05) is 61.5 Å². The van der Waals surface area contributed by atoms with Crippen molar-refractivity contribution in [2.45, 2.75) is 19.9 Å². The summed E-state index contributed by atoms with van der Waals surface area (Å²) in [5, 5.41) is 0. The molecule has 2 aromatic carbocycles. The van der Waals surface area contributed by atoms with E-state index in [0.717, 1.165) is 22.4 Å². The van der Waals surface area contributed by atoms with E-state index in [1.165, 1.54) is 0 Å². The molecule has 27 heavy (non-hydrogen) atoms. The predicted octanol–water partition coefficient (Wildman–Crippen LogP) is 3.73. The highest BCUT2D eigenvalue weighted by molar-refractivity contribution is 5.79. The Labute approximate surface area is 156 Å². The van der Waals surface area contributed by atoms with E-state index in [2.05, 4.69) is 15.0 Å². The summed E-state index contributed by atoms with van der Waals surface area (Å²) in [4.78, 5) is 26.5. The largest absolute Gasteiger partial charge is 0.441 e. The fraction of sp³-hybridized carbons (Fsp3) is 0.190. The smallest absolute Gasteiger partial charge is 0.228 e. The van der Waals surface area contributed by atoms with Gasteiger partial charge in [-0.25, -0.2) is 9.97 Å². The first-order valence-electron chi connectivity index (χ1n) is 8.79. The van der Waals surface area contributed by atoms with Gasteiger partial charge in [-0.1, -0.05) is 30.3 Å². The molecule has 0 bridgehead atoms. The van der Waals surface area contributed by atoms with Crippen LogP contribution in [0, 0.1) is 6.92 Å². The van der Waals surface area contributed by atoms with Crippen molar-refractivity contribution < 1.29 is 9.21 Å². The van der Waals surface area contributed by atoms with Gasteiger partial charge in [-0.05, 0) is 31.2 Å². The number of amides is 1. The topological polar surface area (TPSA) is 75.0 Å². The lowest BCUT2D eigenvalue weighted by Crippen LogP contribution is -2.28. The highest BCUT2D eigenvalue weighted by Crippen LogP contribution is 2.22. The summed E-state index contributed by atoms with van der Waals surface area (Å²) in [6, 6.07) is 17.5. The second-order valence-corrected chi connectivity index (χ2v) is 6.52. The molecule has 0 atom stereocenters. The Hall–Kier alpha value is -3.41. The van der Waals surface area contributed by atoms with Gasteiger partial charge in [-0.2, -0.15) is 0 Å². The number of imidazole rings is 1. The van der Waals surface area contributed by atoms with Crippen molar-refractivity contribution in [1.82, 2.24) is 19.9 Å². The van der Waals surface area contributed by atoms with Crippen molar-refractivity contribution >= 4 is 16.9 Å². The number of aromatic nitrogens is 3. The molecule has 1 N–H and O–H groups in total. The third-order valence-electron chi connectivity index (χ3n) is 4.48. The van der Waals surface area contributed by atoms with Crippen LogP contribution in [0.3, 0.4) is 0 Å². The number of benzene rings is 2. The number of rotatable bonds is 5. The molecule has 0 saturated carbocycles. The summed E-state index contributed by atoms with van der Waals surface area (Å²) in [5.74, 6) is 1.93. The third kappa shape index (κ3) is 3.60. The van der Waals surface area contributed by atoms with Crippen molar-refractivity contribution in [2.24, 2.45) is 0 Å². The van der Waals surface area contributed by atoms with Crippen LogP contribution in [-0.4, -0.2) is 32.8 Å². The zero-order chi connectivity index (χ0) is 18.8. The molecule has 136 valence electrons. The molecule has 0 saturated heterocycles. The number of para-hydroxylation sites is 2. The molecule has 2 heterocycles. The van der Waals surface area contributed by atoms with Crippen LogP contribution in [0.5, 0.6) is 0 Å². The van der Waals surface area contributed by atoms with Crippen LogP contribution in [0.1, 0.15) is 17.3 Å². The van der Waals surface area contributed by atoms with Crippen molar-refractivity contribution in [1.29, 1.82) is 0 Å². The van der Waals surface area contributed by atoms with E-state index in [9.17, 15) is 4.79 Å². The lowest BCUT2D eigenvalue weighted by atomic mass is 10.2. The van der Waals surface area contributed by atoms with E-state index >= 15 is 0 Å². The Balaban J connectivity index is 1.46. The van der Waals surface area contributed by atoms with E-state index in [1.54, 1.807) is 11.9 Å². The summed E-state index contributed by atoms with van der Waals surface area (Å²) in [5.41, 5.74) is 3.42. The van der Waals surface area contributed by atoms with Gasteiger partial charge in [0.25, 0.3) is 0 Å². The quantitative estimate of drug-likeness (QED) is 0.588. The number of aromatic amines is 1. The SMILES string of the molecule is Cc1oc(-c2ccccc2)nc1CC(=O)N(C)Cc1nc2ccccc2[nH]1. The molecular weight excluding hydrogens is 340 g/mol. The molecule has 0 aliphatic heterocycles. The van der Waals surface area contributed by atoms with Crippen LogP contribution in [0.2, 0.25) is 0 Å². The normalized spacial score (nSPS) is 11.0. The van der Waals surface area contributed by atoms with E-state index < -0.39 is 0 Å². The molecule has 0 aliphatic rings. The van der Waals surface area contributed by atoms with E-state index in [-0.39, 0.29) is 12.3 Å². The number of fused-ring (bicyclic) bond motifs is 1. The fourth-order valence-electron chi connectivity index (χ4n) is 2.97. The monoisotopic (exact) mass is 360 g/mol. The molecule has 4 rings (SSSR count). The van der Waals surface area contributed by atoms with Gasteiger partial charge in [0, 0.05) is 12.6 Å². The maximum atomic E-state index is 12.6. The van der Waals surface area contributed by atoms with Crippen LogP contribution in [0.15, 0.2) is 59.0 Å². The van der Waals surface area contributed by atoms with Gasteiger partial charge < -0.3 is 14.3 Å². The number of likely N-dealkylation sites (N-methyl/N-ethyl adjacent to an activating group) is 1. The van der Waals surface area contributed by atoms with Crippen LogP contribution < -0.4 is 0 Å². The number of oxazole rings is 1. The molecule has 0 unspecified atom stereocenters. The lowest BCUT2D eigenvalue weighted by molar-refractivity contribution is -0.129. The number of H-pyrrole nitrogens is 1. The molecule has 6 heteroatoms. The Morgan fingerprint density at radius 1 is 1.07 bits per heavy atom. The minimum atomic E-state index is -0.0357. The molecule has 1 amide bonds. The van der Waals surface area contributed by atoms with Gasteiger partial charge in [0.2, 0.25) is 11.8 Å². The number of carbonyl (C=O) groups excluding carboxylic acids is 1. The maximum absolute atomic E-state index is 12.6. The summed E-state index contributed by atoms with van der Waals surface area (Å²) in [6.07, 6.45) is 0.193. The predicted molar refractivity (Wildman–Crippen MR) is 103 cm³/mol. The van der Waals surface area contributed by atoms with Crippen LogP contribution in [0.25, 0.3) is 22.5 Å². The number of hydrogen-bond donors (Lipinski definition) is 1. The molecule has 0 radical (unpaired) electrons. The molecule has 0 spiro atoms. The highest BCUT2D eigenvalue weighted by Gasteiger charge is 2.18. The first-order valence-corrected chi connectivity index (χ1v) is 8.79. The van der Waals surface area contributed by atoms with Crippen LogP contribution in [-0.2, 0) is 17.8 Å². The average Bonchev–Trinajstić information content (AvgIpc) is 3.25. The Bertz CT molecular complexity index is 1050. The number of nitrogens with zero attached hydrogens (tertiary/aromatic N) is 3. The first kappa shape index (κ1) is 17.0. The molecule has 4 aromatic rings. The molecule has 0 aliphatic carbocycles. The zero-order valence-corrected chi connectivity index (χ0v) is 15.3. The summed E-state index contributed by atoms with van der Waals surface area (Å²) in [6.45, 7) is 2.25. The van der Waals surface area contributed by atoms with Gasteiger partial charge in [-0.3, -0.25) is 4.79 Å². The number of hydrogen-bond acceptors (Lipinski definition) is 4. The molecule has 0 fully saturated rings. The third-order valence-corrected chi connectivity index (χ3v) is 4.48. The Morgan fingerprint density at radius 3 is 2.59 bits per heavy atom. The highest BCUT2D eigenvalue weighted by atomic mass is 16.4. The molecule has 6 nitrogen and oxygen atoms in total. The van der Waals surface area contributed by atoms with Crippen molar-refractivity contribution in [3.05, 3.63) is 71.9 Å². The average molecular weight is 360 g/mol. The van der Waals surface area contributed by atoms with Gasteiger partial charge in [0.1, 0.15) is 11.6 Å². The second kappa shape index (κ2) is 7.07. The Morgan fingerprint density at radius 2 is 1.81 bits per heavy atom. The minimum Gasteiger partial charge on any atom is -0.441 e. The van der Waals surface area contributed by atoms with Crippen molar-refractivity contribution in [3.8, 4) is 11.5 Å². The second-order valence-electron chi connectivity index (χ2n) is 6.52. The van der Waals surface area contributed by atoms with Crippen molar-refractivity contribution in [3.63, 3.8) is 0 Å². The van der Waals surface area contributed by atoms with E-state index in [4.69, 9.17) is 4.42 Å². The van der Waals surface area contributed by atoms with E-state index in [0.29, 0.717) is 23.9 Å². The first-order chi connectivity index (χ1) is 13.1. The lowest BCUT2D eigenvalue weighted by Gasteiger charge is -2.15. The maximum Gasteiger partial charge on any atom is 0.228 e. The minimum absolute atomic E-state index is 0.0357. The van der Waals surface area contributed by atoms with Gasteiger partial charge >= 0.3 is 0 Å². The fourth-order valence-corrected chi connectivity index (χ4v) is 2.97. The van der Waals surface area contributed by atoms with Gasteiger partial charge in [-0.15, -0.1) is 0 Å². The number of nitrogens with one attached hydrogen (secondary N) is 1. The molecular formula is C21H20N4O2. The summed E-state index contributed by atoms with van der Waals surface area (Å²) >= 11 is 0. The zero-order valence-electron chi connectivity index (χ0n) is 15.3. The van der Waals surface area contributed by atoms with Crippen molar-refractivity contribution in [2.75, 3.05) is 7.05 Å². The summed E-state index contributed by atoms with van der Waals surface area (Å²) < 4.78 is 5.74. The standard InChI is InChI=1S/C21H20N4O2/c1-14-18(24-21(27-14)15-8-4-3-5-9-15)12-20(26)25(2)13-19-22-16-10-6-7-11-17(16)23-19/h3-11H,12-13H2,1-2H3,(H,22,23). The summed E-state index contributed by atoms with van der Waals surface area (Å²) in [7, 11) is 1.77. The number of aryl methyl sites for hydroxylation is 1. The van der Waals surface area contributed by atoms with Gasteiger partial charge in [0.05, 0.1) is 29.7 Å². The van der Waals surface area contributed by atoms with Gasteiger partial charge in [0.15, 0.2) is 0 Å². The van der Waals surface area contributed by atoms with Crippen LogP contribution in [0.4, 0.5) is 0 Å². The number of carbonyl (C=O) groups is 1. The Kier molecular flexibility index (Phi) is 4.46. The van der Waals surface area contributed by atoms with Crippen LogP contribution >= 0.6 is 0 Å². The molecule has 2 aromatic heterocycles.